The van der Waals surface area contributed by atoms with Crippen LogP contribution in [0.25, 0.3) is 16.8 Å². The second-order valence-corrected chi connectivity index (χ2v) is 8.19. The van der Waals surface area contributed by atoms with E-state index in [1.165, 1.54) is 16.2 Å². The maximum Gasteiger partial charge on any atom is 0.257 e. The Kier molecular flexibility index (Phi) is 4.37. The van der Waals surface area contributed by atoms with Crippen LogP contribution in [0.4, 0.5) is 11.6 Å². The van der Waals surface area contributed by atoms with Crippen LogP contribution < -0.4 is 10.1 Å². The Balaban J connectivity index is 1.21. The molecule has 0 unspecified atom stereocenters. The minimum atomic E-state index is 0.106. The highest BCUT2D eigenvalue weighted by Crippen LogP contribution is 2.28. The standard InChI is InChI=1S/C21H18N8O2S/c1-28-9-8-15-18(11-28)23-21-24-20(25-29(21)19(15)30)22-12-2-4-13(5-3-12)31-14-6-7-16-17(10-14)27-32-26-16/h2-7,10,30H,8-9,11H2,1H3,(H,22,25). The van der Waals surface area contributed by atoms with Gasteiger partial charge < -0.3 is 20.1 Å². The third-order valence-electron chi connectivity index (χ3n) is 5.38. The number of ether oxygens (including phenoxy) is 1. The predicted molar refractivity (Wildman–Crippen MR) is 120 cm³/mol. The van der Waals surface area contributed by atoms with Gasteiger partial charge in [-0.15, -0.1) is 5.10 Å². The lowest BCUT2D eigenvalue weighted by Gasteiger charge is -2.24. The summed E-state index contributed by atoms with van der Waals surface area (Å²) in [4.78, 5) is 11.2. The summed E-state index contributed by atoms with van der Waals surface area (Å²) >= 11 is 1.18. The number of rotatable bonds is 4. The molecule has 0 aliphatic carbocycles. The maximum atomic E-state index is 10.6. The Morgan fingerprint density at radius 3 is 2.72 bits per heavy atom. The average molecular weight is 446 g/mol. The molecule has 0 fully saturated rings. The molecule has 1 aliphatic rings. The number of hydrogen-bond acceptors (Lipinski definition) is 10. The Labute approximate surface area is 186 Å². The Morgan fingerprint density at radius 2 is 1.84 bits per heavy atom. The normalized spacial score (nSPS) is 14.0. The van der Waals surface area contributed by atoms with Gasteiger partial charge in [-0.3, -0.25) is 0 Å². The van der Waals surface area contributed by atoms with Gasteiger partial charge in [-0.05, 0) is 49.9 Å². The number of aromatic hydroxyl groups is 1. The van der Waals surface area contributed by atoms with E-state index >= 15 is 0 Å². The topological polar surface area (TPSA) is 114 Å². The van der Waals surface area contributed by atoms with Crippen LogP contribution in [0.2, 0.25) is 0 Å². The zero-order chi connectivity index (χ0) is 21.7. The molecule has 1 aliphatic heterocycles. The van der Waals surface area contributed by atoms with Gasteiger partial charge in [0.05, 0.1) is 17.4 Å². The number of benzene rings is 2. The zero-order valence-corrected chi connectivity index (χ0v) is 17.9. The fraction of sp³-hybridized carbons (Fsp3) is 0.190. The summed E-state index contributed by atoms with van der Waals surface area (Å²) in [5, 5.41) is 18.2. The van der Waals surface area contributed by atoms with Crippen molar-refractivity contribution in [2.45, 2.75) is 13.0 Å². The fourth-order valence-electron chi connectivity index (χ4n) is 3.74. The molecule has 2 aromatic carbocycles. The first kappa shape index (κ1) is 18.9. The number of aromatic nitrogens is 6. The molecule has 2 N–H and O–H groups in total. The molecular weight excluding hydrogens is 428 g/mol. The van der Waals surface area contributed by atoms with Crippen molar-refractivity contribution in [3.05, 3.63) is 53.7 Å². The summed E-state index contributed by atoms with van der Waals surface area (Å²) in [5.41, 5.74) is 4.14. The summed E-state index contributed by atoms with van der Waals surface area (Å²) in [6.45, 7) is 1.55. The van der Waals surface area contributed by atoms with Crippen molar-refractivity contribution >= 4 is 40.2 Å². The van der Waals surface area contributed by atoms with Crippen LogP contribution in [-0.2, 0) is 13.0 Å². The fourth-order valence-corrected chi connectivity index (χ4v) is 4.25. The quantitative estimate of drug-likeness (QED) is 0.429. The molecule has 3 aromatic heterocycles. The van der Waals surface area contributed by atoms with Crippen molar-refractivity contribution in [2.75, 3.05) is 18.9 Å². The largest absolute Gasteiger partial charge is 0.493 e. The highest BCUT2D eigenvalue weighted by molar-refractivity contribution is 7.00. The van der Waals surface area contributed by atoms with Crippen LogP contribution in [0, 0.1) is 0 Å². The molecule has 160 valence electrons. The first-order chi connectivity index (χ1) is 15.6. The zero-order valence-electron chi connectivity index (χ0n) is 17.1. The number of anilines is 2. The molecule has 32 heavy (non-hydrogen) atoms. The predicted octanol–water partition coefficient (Wildman–Crippen LogP) is 3.36. The molecule has 0 saturated heterocycles. The van der Waals surface area contributed by atoms with Crippen molar-refractivity contribution in [1.29, 1.82) is 0 Å². The van der Waals surface area contributed by atoms with Gasteiger partial charge in [-0.1, -0.05) is 0 Å². The van der Waals surface area contributed by atoms with Crippen LogP contribution in [-0.4, -0.2) is 51.9 Å². The molecule has 0 radical (unpaired) electrons. The molecule has 5 aromatic rings. The Bertz CT molecular complexity index is 1450. The van der Waals surface area contributed by atoms with E-state index in [9.17, 15) is 5.11 Å². The van der Waals surface area contributed by atoms with E-state index in [0.29, 0.717) is 29.8 Å². The van der Waals surface area contributed by atoms with E-state index in [-0.39, 0.29) is 5.88 Å². The van der Waals surface area contributed by atoms with Crippen LogP contribution in [0.5, 0.6) is 17.4 Å². The lowest BCUT2D eigenvalue weighted by molar-refractivity contribution is 0.299. The summed E-state index contributed by atoms with van der Waals surface area (Å²) < 4.78 is 15.7. The first-order valence-electron chi connectivity index (χ1n) is 10.1. The number of hydrogen-bond donors (Lipinski definition) is 2. The monoisotopic (exact) mass is 446 g/mol. The molecule has 0 spiro atoms. The van der Waals surface area contributed by atoms with E-state index in [2.05, 4.69) is 34.0 Å². The van der Waals surface area contributed by atoms with Crippen LogP contribution in [0.15, 0.2) is 42.5 Å². The number of likely N-dealkylation sites (N-methyl/N-ethyl adjacent to an activating group) is 1. The minimum Gasteiger partial charge on any atom is -0.493 e. The smallest absolute Gasteiger partial charge is 0.257 e. The molecule has 0 saturated carbocycles. The van der Waals surface area contributed by atoms with Crippen LogP contribution >= 0.6 is 11.7 Å². The van der Waals surface area contributed by atoms with E-state index < -0.39 is 0 Å². The molecule has 11 heteroatoms. The number of nitrogens with zero attached hydrogens (tertiary/aromatic N) is 7. The van der Waals surface area contributed by atoms with E-state index in [4.69, 9.17) is 4.74 Å². The number of nitrogens with one attached hydrogen (secondary N) is 1. The van der Waals surface area contributed by atoms with Gasteiger partial charge in [0.25, 0.3) is 5.78 Å². The summed E-state index contributed by atoms with van der Waals surface area (Å²) in [6, 6.07) is 13.1. The van der Waals surface area contributed by atoms with Crippen LogP contribution in [0.3, 0.4) is 0 Å². The van der Waals surface area contributed by atoms with E-state index in [1.54, 1.807) is 0 Å². The molecule has 10 nitrogen and oxygen atoms in total. The lowest BCUT2D eigenvalue weighted by Crippen LogP contribution is -2.28. The van der Waals surface area contributed by atoms with E-state index in [0.717, 1.165) is 40.9 Å². The molecule has 4 heterocycles. The minimum absolute atomic E-state index is 0.106. The highest BCUT2D eigenvalue weighted by Gasteiger charge is 2.22. The van der Waals surface area contributed by atoms with Crippen molar-refractivity contribution in [3.63, 3.8) is 0 Å². The van der Waals surface area contributed by atoms with Gasteiger partial charge >= 0.3 is 0 Å². The average Bonchev–Trinajstić information content (AvgIpc) is 3.41. The highest BCUT2D eigenvalue weighted by atomic mass is 32.1. The van der Waals surface area contributed by atoms with Gasteiger partial charge in [0.2, 0.25) is 11.8 Å². The van der Waals surface area contributed by atoms with Gasteiger partial charge in [0.15, 0.2) is 0 Å². The van der Waals surface area contributed by atoms with Gasteiger partial charge in [-0.2, -0.15) is 18.2 Å². The number of fused-ring (bicyclic) bond motifs is 3. The molecular formula is C21H18N8O2S. The molecule has 6 rings (SSSR count). The lowest BCUT2D eigenvalue weighted by atomic mass is 10.1. The first-order valence-corrected chi connectivity index (χ1v) is 10.8. The summed E-state index contributed by atoms with van der Waals surface area (Å²) in [6.07, 6.45) is 0.733. The SMILES string of the molecule is CN1CCc2c(nc3nc(Nc4ccc(Oc5ccc6nsnc6c5)cc4)nn3c2O)C1. The van der Waals surface area contributed by atoms with Crippen molar-refractivity contribution < 1.29 is 9.84 Å². The van der Waals surface area contributed by atoms with Crippen molar-refractivity contribution in [3.8, 4) is 17.4 Å². The van der Waals surface area contributed by atoms with Crippen molar-refractivity contribution in [2.24, 2.45) is 0 Å². The Morgan fingerprint density at radius 1 is 1.03 bits per heavy atom. The van der Waals surface area contributed by atoms with Gasteiger partial charge in [0.1, 0.15) is 22.5 Å². The summed E-state index contributed by atoms with van der Waals surface area (Å²) in [7, 11) is 2.03. The van der Waals surface area contributed by atoms with E-state index in [1.807, 2.05) is 49.5 Å². The molecule has 0 amide bonds. The summed E-state index contributed by atoms with van der Waals surface area (Å²) in [5.74, 6) is 2.22. The Hall–Kier alpha value is -3.83. The van der Waals surface area contributed by atoms with Crippen molar-refractivity contribution in [1.82, 2.24) is 33.2 Å². The maximum absolute atomic E-state index is 10.6. The molecule has 0 atom stereocenters. The van der Waals surface area contributed by atoms with Crippen LogP contribution in [0.1, 0.15) is 11.3 Å². The third-order valence-corrected chi connectivity index (χ3v) is 5.94. The second-order valence-electron chi connectivity index (χ2n) is 7.66. The van der Waals surface area contributed by atoms with Gasteiger partial charge in [-0.25, -0.2) is 4.98 Å². The molecule has 0 bridgehead atoms. The van der Waals surface area contributed by atoms with Gasteiger partial charge in [0, 0.05) is 30.4 Å². The second kappa shape index (κ2) is 7.39. The third kappa shape index (κ3) is 3.37.